The molecule has 100 valence electrons. The van der Waals surface area contributed by atoms with Gasteiger partial charge in [0.05, 0.1) is 5.02 Å². The smallest absolute Gasteiger partial charge is 0.206 e. The lowest BCUT2D eigenvalue weighted by Crippen LogP contribution is -2.17. The van der Waals surface area contributed by atoms with Gasteiger partial charge in [0.25, 0.3) is 0 Å². The molecule has 3 nitrogen and oxygen atoms in total. The second kappa shape index (κ2) is 5.31. The monoisotopic (exact) mass is 311 g/mol. The summed E-state index contributed by atoms with van der Waals surface area (Å²) in [6.07, 6.45) is 4.75. The number of aromatic nitrogens is 2. The molecule has 1 aromatic heterocycles. The lowest BCUT2D eigenvalue weighted by Gasteiger charge is -2.11. The molecular formula is C13H14ClN3S2. The molecule has 1 aromatic carbocycles. The van der Waals surface area contributed by atoms with E-state index in [2.05, 4.69) is 21.8 Å². The van der Waals surface area contributed by atoms with Crippen molar-refractivity contribution in [2.24, 2.45) is 0 Å². The molecule has 1 aliphatic carbocycles. The highest BCUT2D eigenvalue weighted by atomic mass is 35.5. The first-order chi connectivity index (χ1) is 9.22. The van der Waals surface area contributed by atoms with Crippen LogP contribution < -0.4 is 5.32 Å². The van der Waals surface area contributed by atoms with Gasteiger partial charge < -0.3 is 5.32 Å². The fourth-order valence-electron chi connectivity index (χ4n) is 1.87. The number of halogens is 1. The van der Waals surface area contributed by atoms with E-state index < -0.39 is 0 Å². The van der Waals surface area contributed by atoms with Crippen LogP contribution in [0.3, 0.4) is 0 Å². The van der Waals surface area contributed by atoms with Crippen molar-refractivity contribution in [3.8, 4) is 10.6 Å². The number of nitrogens with zero attached hydrogens (tertiary/aromatic N) is 2. The maximum Gasteiger partial charge on any atom is 0.206 e. The van der Waals surface area contributed by atoms with Crippen LogP contribution in [0.25, 0.3) is 10.6 Å². The highest BCUT2D eigenvalue weighted by molar-refractivity contribution is 8.00. The molecule has 1 N–H and O–H groups in total. The highest BCUT2D eigenvalue weighted by Crippen LogP contribution is 2.47. The molecule has 1 aliphatic rings. The molecule has 2 aromatic rings. The van der Waals surface area contributed by atoms with Gasteiger partial charge in [0.2, 0.25) is 5.13 Å². The molecule has 1 fully saturated rings. The zero-order valence-electron chi connectivity index (χ0n) is 10.5. The Labute approximate surface area is 125 Å². The van der Waals surface area contributed by atoms with Crippen LogP contribution in [0.2, 0.25) is 5.02 Å². The average molecular weight is 312 g/mol. The number of nitrogens with one attached hydrogen (secondary N) is 1. The van der Waals surface area contributed by atoms with Gasteiger partial charge in [0.15, 0.2) is 5.01 Å². The fraction of sp³-hybridized carbons (Fsp3) is 0.385. The molecule has 1 heterocycles. The molecular weight excluding hydrogens is 298 g/mol. The third-order valence-electron chi connectivity index (χ3n) is 3.33. The van der Waals surface area contributed by atoms with Crippen LogP contribution >= 0.6 is 34.7 Å². The van der Waals surface area contributed by atoms with E-state index in [4.69, 9.17) is 11.6 Å². The predicted molar refractivity (Wildman–Crippen MR) is 84.3 cm³/mol. The molecule has 0 atom stereocenters. The first-order valence-corrected chi connectivity index (χ1v) is 8.52. The van der Waals surface area contributed by atoms with Gasteiger partial charge in [-0.25, -0.2) is 0 Å². The first kappa shape index (κ1) is 13.2. The van der Waals surface area contributed by atoms with E-state index in [1.807, 2.05) is 36.0 Å². The van der Waals surface area contributed by atoms with Crippen molar-refractivity contribution >= 4 is 39.8 Å². The normalized spacial score (nSPS) is 16.3. The predicted octanol–water partition coefficient (Wildman–Crippen LogP) is 4.17. The Morgan fingerprint density at radius 2 is 2.16 bits per heavy atom. The number of hydrogen-bond donors (Lipinski definition) is 1. The number of anilines is 1. The summed E-state index contributed by atoms with van der Waals surface area (Å²) in [6.45, 7) is 0.964. The van der Waals surface area contributed by atoms with Crippen molar-refractivity contribution < 1.29 is 0 Å². The van der Waals surface area contributed by atoms with E-state index in [0.717, 1.165) is 22.2 Å². The van der Waals surface area contributed by atoms with Crippen LogP contribution in [0.4, 0.5) is 5.13 Å². The second-order valence-electron chi connectivity index (χ2n) is 4.63. The second-order valence-corrected chi connectivity index (χ2v) is 7.29. The van der Waals surface area contributed by atoms with E-state index in [9.17, 15) is 0 Å². The number of thioether (sulfide) groups is 1. The topological polar surface area (TPSA) is 37.8 Å². The summed E-state index contributed by atoms with van der Waals surface area (Å²) >= 11 is 9.65. The highest BCUT2D eigenvalue weighted by Gasteiger charge is 2.41. The summed E-state index contributed by atoms with van der Waals surface area (Å²) in [6, 6.07) is 7.72. The van der Waals surface area contributed by atoms with Crippen LogP contribution in [-0.4, -0.2) is 27.7 Å². The van der Waals surface area contributed by atoms with Crippen molar-refractivity contribution in [3.63, 3.8) is 0 Å². The number of benzene rings is 1. The summed E-state index contributed by atoms with van der Waals surface area (Å²) in [5.41, 5.74) is 0.945. The minimum atomic E-state index is 0.427. The molecule has 1 saturated carbocycles. The lowest BCUT2D eigenvalue weighted by molar-refractivity contribution is 0.937. The summed E-state index contributed by atoms with van der Waals surface area (Å²) in [5.74, 6) is 0. The Morgan fingerprint density at radius 1 is 1.37 bits per heavy atom. The molecule has 19 heavy (non-hydrogen) atoms. The van der Waals surface area contributed by atoms with Crippen LogP contribution in [0.5, 0.6) is 0 Å². The molecule has 0 radical (unpaired) electrons. The zero-order valence-corrected chi connectivity index (χ0v) is 12.9. The zero-order chi connectivity index (χ0) is 13.3. The fourth-order valence-corrected chi connectivity index (χ4v) is 3.65. The summed E-state index contributed by atoms with van der Waals surface area (Å²) in [4.78, 5) is 0. The summed E-state index contributed by atoms with van der Waals surface area (Å²) in [7, 11) is 0. The Kier molecular flexibility index (Phi) is 3.69. The third kappa shape index (κ3) is 2.88. The van der Waals surface area contributed by atoms with Crippen molar-refractivity contribution in [3.05, 3.63) is 29.3 Å². The van der Waals surface area contributed by atoms with E-state index in [-0.39, 0.29) is 0 Å². The van der Waals surface area contributed by atoms with Gasteiger partial charge in [0, 0.05) is 16.9 Å². The summed E-state index contributed by atoms with van der Waals surface area (Å²) in [5, 5.41) is 14.2. The van der Waals surface area contributed by atoms with Gasteiger partial charge in [-0.3, -0.25) is 0 Å². The van der Waals surface area contributed by atoms with Crippen molar-refractivity contribution in [1.29, 1.82) is 0 Å². The van der Waals surface area contributed by atoms with Gasteiger partial charge in [-0.2, -0.15) is 11.8 Å². The molecule has 0 spiro atoms. The maximum atomic E-state index is 6.17. The van der Waals surface area contributed by atoms with Gasteiger partial charge in [-0.05, 0) is 25.2 Å². The molecule has 3 rings (SSSR count). The number of hydrogen-bond acceptors (Lipinski definition) is 5. The van der Waals surface area contributed by atoms with Gasteiger partial charge in [0.1, 0.15) is 0 Å². The van der Waals surface area contributed by atoms with Crippen molar-refractivity contribution in [2.45, 2.75) is 17.6 Å². The van der Waals surface area contributed by atoms with Crippen LogP contribution in [0.15, 0.2) is 24.3 Å². The lowest BCUT2D eigenvalue weighted by atomic mass is 10.2. The average Bonchev–Trinajstić information content (AvgIpc) is 3.07. The Bertz CT molecular complexity index is 581. The van der Waals surface area contributed by atoms with E-state index >= 15 is 0 Å². The largest absolute Gasteiger partial charge is 0.359 e. The SMILES string of the molecule is CSC1(CNc2nnc(-c3ccccc3Cl)s2)CC1. The third-order valence-corrected chi connectivity index (χ3v) is 5.99. The Balaban J connectivity index is 1.71. The minimum Gasteiger partial charge on any atom is -0.359 e. The van der Waals surface area contributed by atoms with E-state index in [1.165, 1.54) is 12.8 Å². The Morgan fingerprint density at radius 3 is 2.84 bits per heavy atom. The maximum absolute atomic E-state index is 6.17. The van der Waals surface area contributed by atoms with Gasteiger partial charge >= 0.3 is 0 Å². The van der Waals surface area contributed by atoms with E-state index in [0.29, 0.717) is 9.77 Å². The van der Waals surface area contributed by atoms with Gasteiger partial charge in [-0.1, -0.05) is 41.1 Å². The minimum absolute atomic E-state index is 0.427. The molecule has 0 aliphatic heterocycles. The molecule has 0 unspecified atom stereocenters. The standard InChI is InChI=1S/C13H14ClN3S2/c1-18-13(6-7-13)8-15-12-17-16-11(19-12)9-4-2-3-5-10(9)14/h2-5H,6-8H2,1H3,(H,15,17). The summed E-state index contributed by atoms with van der Waals surface area (Å²) < 4.78 is 0.427. The van der Waals surface area contributed by atoms with Crippen molar-refractivity contribution in [2.75, 3.05) is 18.1 Å². The van der Waals surface area contributed by atoms with Crippen LogP contribution in [-0.2, 0) is 0 Å². The quantitative estimate of drug-likeness (QED) is 0.899. The molecule has 0 amide bonds. The molecule has 0 bridgehead atoms. The van der Waals surface area contributed by atoms with Crippen LogP contribution in [0, 0.1) is 0 Å². The Hall–Kier alpha value is -0.780. The number of rotatable bonds is 5. The molecule has 0 saturated heterocycles. The van der Waals surface area contributed by atoms with Crippen LogP contribution in [0.1, 0.15) is 12.8 Å². The first-order valence-electron chi connectivity index (χ1n) is 6.10. The molecule has 6 heteroatoms. The van der Waals surface area contributed by atoms with Crippen molar-refractivity contribution in [1.82, 2.24) is 10.2 Å². The van der Waals surface area contributed by atoms with E-state index in [1.54, 1.807) is 11.3 Å². The van der Waals surface area contributed by atoms with Gasteiger partial charge in [-0.15, -0.1) is 10.2 Å².